The third kappa shape index (κ3) is 4.57. The molecule has 1 aromatic rings. The van der Waals surface area contributed by atoms with Crippen molar-refractivity contribution in [2.75, 3.05) is 49.5 Å². The SMILES string of the molecule is CCNc1cccc(N2CCN(CC[C@H]3C(C)C[C@H]4[C@@H]5CCC6=CC(=O)C(=O)C[C@]6(C)C5=CC[C@]34C)CC2)n1. The molecule has 6 heteroatoms. The van der Waals surface area contributed by atoms with Crippen molar-refractivity contribution in [2.24, 2.45) is 34.5 Å². The monoisotopic (exact) mass is 530 g/mol. The number of pyridine rings is 1. The van der Waals surface area contributed by atoms with Crippen LogP contribution in [0, 0.1) is 34.5 Å². The number of aromatic nitrogens is 1. The Labute approximate surface area is 234 Å². The van der Waals surface area contributed by atoms with Crippen molar-refractivity contribution in [1.29, 1.82) is 0 Å². The summed E-state index contributed by atoms with van der Waals surface area (Å²) in [5.74, 6) is 4.28. The van der Waals surface area contributed by atoms with Gasteiger partial charge in [0.05, 0.1) is 0 Å². The van der Waals surface area contributed by atoms with E-state index in [1.54, 1.807) is 6.08 Å². The van der Waals surface area contributed by atoms with E-state index in [4.69, 9.17) is 4.98 Å². The van der Waals surface area contributed by atoms with Crippen molar-refractivity contribution in [3.8, 4) is 0 Å². The molecule has 1 aliphatic heterocycles. The molecule has 2 saturated carbocycles. The molecule has 1 saturated heterocycles. The van der Waals surface area contributed by atoms with Gasteiger partial charge in [0.15, 0.2) is 0 Å². The molecule has 0 spiro atoms. The van der Waals surface area contributed by atoms with Gasteiger partial charge in [-0.1, -0.05) is 44.1 Å². The summed E-state index contributed by atoms with van der Waals surface area (Å²) in [5, 5.41) is 3.33. The summed E-state index contributed by atoms with van der Waals surface area (Å²) in [4.78, 5) is 34.5. The first-order valence-corrected chi connectivity index (χ1v) is 15.4. The third-order valence-corrected chi connectivity index (χ3v) is 11.4. The Morgan fingerprint density at radius 2 is 1.92 bits per heavy atom. The smallest absolute Gasteiger partial charge is 0.221 e. The fourth-order valence-corrected chi connectivity index (χ4v) is 9.26. The van der Waals surface area contributed by atoms with Crippen LogP contribution in [-0.2, 0) is 9.59 Å². The highest BCUT2D eigenvalue weighted by molar-refractivity contribution is 6.42. The first kappa shape index (κ1) is 26.7. The first-order valence-electron chi connectivity index (χ1n) is 15.4. The van der Waals surface area contributed by atoms with Crippen molar-refractivity contribution in [3.63, 3.8) is 0 Å². The highest BCUT2D eigenvalue weighted by atomic mass is 16.2. The van der Waals surface area contributed by atoms with Crippen molar-refractivity contribution in [2.45, 2.75) is 66.2 Å². The molecule has 0 aromatic carbocycles. The minimum Gasteiger partial charge on any atom is -0.370 e. The summed E-state index contributed by atoms with van der Waals surface area (Å²) in [6, 6.07) is 6.28. The Bertz CT molecular complexity index is 1200. The number of carbonyl (C=O) groups excluding carboxylic acids is 2. The number of anilines is 2. The van der Waals surface area contributed by atoms with Gasteiger partial charge in [-0.2, -0.15) is 0 Å². The van der Waals surface area contributed by atoms with Crippen LogP contribution < -0.4 is 10.2 Å². The lowest BCUT2D eigenvalue weighted by Crippen LogP contribution is -2.48. The largest absolute Gasteiger partial charge is 0.370 e. The second-order valence-electron chi connectivity index (χ2n) is 13.4. The molecule has 0 bridgehead atoms. The lowest BCUT2D eigenvalue weighted by molar-refractivity contribution is -0.135. The highest BCUT2D eigenvalue weighted by Crippen LogP contribution is 2.66. The second-order valence-corrected chi connectivity index (χ2v) is 13.4. The van der Waals surface area contributed by atoms with Gasteiger partial charge < -0.3 is 10.2 Å². The number of nitrogens with one attached hydrogen (secondary N) is 1. The minimum atomic E-state index is -0.282. The normalized spacial score (nSPS) is 36.6. The van der Waals surface area contributed by atoms with Crippen LogP contribution in [0.4, 0.5) is 11.6 Å². The highest BCUT2D eigenvalue weighted by Gasteiger charge is 2.58. The van der Waals surface area contributed by atoms with Crippen LogP contribution in [-0.4, -0.2) is 60.7 Å². The molecule has 5 aliphatic rings. The number of Topliss-reactive ketones (excluding diaryl/α,β-unsaturated/α-hetero) is 1. The fraction of sp³-hybridized carbons (Fsp3) is 0.667. The maximum absolute atomic E-state index is 12.5. The molecule has 0 radical (unpaired) electrons. The van der Waals surface area contributed by atoms with Crippen LogP contribution in [0.15, 0.2) is 41.5 Å². The molecule has 6 atom stereocenters. The van der Waals surface area contributed by atoms with Gasteiger partial charge in [-0.25, -0.2) is 4.98 Å². The maximum Gasteiger partial charge on any atom is 0.221 e. The Balaban J connectivity index is 1.10. The van der Waals surface area contributed by atoms with Gasteiger partial charge in [-0.05, 0) is 92.9 Å². The van der Waals surface area contributed by atoms with Crippen LogP contribution >= 0.6 is 0 Å². The van der Waals surface area contributed by atoms with Crippen LogP contribution in [0.25, 0.3) is 0 Å². The summed E-state index contributed by atoms with van der Waals surface area (Å²) >= 11 is 0. The van der Waals surface area contributed by atoms with E-state index < -0.39 is 0 Å². The summed E-state index contributed by atoms with van der Waals surface area (Å²) in [5.41, 5.74) is 2.80. The number of carbonyl (C=O) groups is 2. The molecule has 0 amide bonds. The summed E-state index contributed by atoms with van der Waals surface area (Å²) in [7, 11) is 0. The van der Waals surface area contributed by atoms with Crippen LogP contribution in [0.3, 0.4) is 0 Å². The lowest BCUT2D eigenvalue weighted by Gasteiger charge is -2.53. The van der Waals surface area contributed by atoms with Gasteiger partial charge >= 0.3 is 0 Å². The van der Waals surface area contributed by atoms with E-state index in [2.05, 4.69) is 61.0 Å². The zero-order valence-electron chi connectivity index (χ0n) is 24.3. The van der Waals surface area contributed by atoms with Gasteiger partial charge in [0.25, 0.3) is 0 Å². The third-order valence-electron chi connectivity index (χ3n) is 11.4. The molecule has 2 heterocycles. The molecule has 3 fully saturated rings. The summed E-state index contributed by atoms with van der Waals surface area (Å²) in [6.07, 6.45) is 10.4. The molecular weight excluding hydrogens is 484 g/mol. The van der Waals surface area contributed by atoms with Crippen molar-refractivity contribution in [3.05, 3.63) is 41.5 Å². The number of allylic oxidation sites excluding steroid dienone is 4. The number of hydrogen-bond acceptors (Lipinski definition) is 6. The topological polar surface area (TPSA) is 65.5 Å². The minimum absolute atomic E-state index is 0.199. The van der Waals surface area contributed by atoms with Gasteiger partial charge in [0.1, 0.15) is 11.6 Å². The fourth-order valence-electron chi connectivity index (χ4n) is 9.26. The first-order chi connectivity index (χ1) is 18.7. The average Bonchev–Trinajstić information content (AvgIpc) is 3.18. The number of rotatable bonds is 6. The standard InChI is InChI=1S/C33H46N4O2/c1-5-34-30-7-6-8-31(35-30)37-17-15-36(16-18-37)14-12-25-22(2)19-27-24-10-9-23-20-28(38)29(39)21-33(23,4)26(24)11-13-32(25,27)3/h6-8,11,20,22,24-25,27H,5,9-10,12-19,21H2,1-4H3,(H,34,35)/t22?,24-,25+,27+,32-,33+/m1/s1. The zero-order chi connectivity index (χ0) is 27.4. The molecule has 210 valence electrons. The molecule has 1 aromatic heterocycles. The number of hydrogen-bond donors (Lipinski definition) is 1. The van der Waals surface area contributed by atoms with Gasteiger partial charge in [0.2, 0.25) is 11.6 Å². The molecule has 4 aliphatic carbocycles. The summed E-state index contributed by atoms with van der Waals surface area (Å²) in [6.45, 7) is 15.7. The van der Waals surface area contributed by atoms with E-state index in [0.717, 1.165) is 75.5 Å². The average molecular weight is 531 g/mol. The number of piperazine rings is 1. The number of nitrogens with zero attached hydrogens (tertiary/aromatic N) is 3. The molecule has 6 rings (SSSR count). The van der Waals surface area contributed by atoms with E-state index in [1.165, 1.54) is 30.5 Å². The number of ketones is 2. The molecular formula is C33H46N4O2. The maximum atomic E-state index is 12.5. The molecule has 39 heavy (non-hydrogen) atoms. The van der Waals surface area contributed by atoms with E-state index in [0.29, 0.717) is 23.7 Å². The van der Waals surface area contributed by atoms with Crippen LogP contribution in [0.1, 0.15) is 66.2 Å². The Morgan fingerprint density at radius 3 is 2.69 bits per heavy atom. The van der Waals surface area contributed by atoms with Gasteiger partial charge in [-0.3, -0.25) is 14.5 Å². The van der Waals surface area contributed by atoms with Crippen molar-refractivity contribution in [1.82, 2.24) is 9.88 Å². The van der Waals surface area contributed by atoms with Crippen molar-refractivity contribution >= 4 is 23.2 Å². The van der Waals surface area contributed by atoms with E-state index in [1.807, 2.05) is 6.07 Å². The Hall–Kier alpha value is -2.47. The van der Waals surface area contributed by atoms with Gasteiger partial charge in [0, 0.05) is 44.6 Å². The van der Waals surface area contributed by atoms with E-state index in [9.17, 15) is 9.59 Å². The predicted molar refractivity (Wildman–Crippen MR) is 157 cm³/mol. The molecule has 1 unspecified atom stereocenters. The zero-order valence-corrected chi connectivity index (χ0v) is 24.3. The quantitative estimate of drug-likeness (QED) is 0.386. The molecule has 1 N–H and O–H groups in total. The van der Waals surface area contributed by atoms with Gasteiger partial charge in [-0.15, -0.1) is 0 Å². The van der Waals surface area contributed by atoms with E-state index >= 15 is 0 Å². The van der Waals surface area contributed by atoms with Crippen molar-refractivity contribution < 1.29 is 9.59 Å². The second kappa shape index (κ2) is 10.2. The Kier molecular flexibility index (Phi) is 6.97. The summed E-state index contributed by atoms with van der Waals surface area (Å²) < 4.78 is 0. The number of fused-ring (bicyclic) bond motifs is 5. The van der Waals surface area contributed by atoms with Crippen LogP contribution in [0.5, 0.6) is 0 Å². The van der Waals surface area contributed by atoms with Crippen LogP contribution in [0.2, 0.25) is 0 Å². The Morgan fingerprint density at radius 1 is 1.13 bits per heavy atom. The molecule has 6 nitrogen and oxygen atoms in total. The lowest BCUT2D eigenvalue weighted by atomic mass is 9.51. The predicted octanol–water partition coefficient (Wildman–Crippen LogP) is 5.52. The van der Waals surface area contributed by atoms with E-state index in [-0.39, 0.29) is 17.0 Å².